The minimum Gasteiger partial charge on any atom is -0.508 e. The molecule has 0 saturated carbocycles. The van der Waals surface area contributed by atoms with Crippen LogP contribution in [0.3, 0.4) is 0 Å². The number of nitrogens with one attached hydrogen (secondary N) is 8. The number of ether oxygens (including phenoxy) is 7. The Labute approximate surface area is 713 Å². The van der Waals surface area contributed by atoms with Crippen molar-refractivity contribution in [1.29, 1.82) is 0 Å². The number of unbranched alkanes of at least 4 members (excludes halogenated alkanes) is 3. The predicted molar refractivity (Wildman–Crippen MR) is 436 cm³/mol. The van der Waals surface area contributed by atoms with Crippen molar-refractivity contribution in [2.45, 2.75) is 175 Å². The minimum atomic E-state index is -2.35. The third kappa shape index (κ3) is 20.5. The molecule has 0 aliphatic carbocycles. The van der Waals surface area contributed by atoms with E-state index in [0.29, 0.717) is 31.7 Å². The highest BCUT2D eigenvalue weighted by molar-refractivity contribution is 6.32. The topological polar surface area (TPSA) is 549 Å². The van der Waals surface area contributed by atoms with Gasteiger partial charge < -0.3 is 142 Å². The number of benzene rings is 7. The summed E-state index contributed by atoms with van der Waals surface area (Å²) in [5, 5.41) is 146. The summed E-state index contributed by atoms with van der Waals surface area (Å²) < 4.78 is 44.9. The van der Waals surface area contributed by atoms with E-state index in [2.05, 4.69) is 56.4 Å². The molecule has 17 atom stereocenters. The summed E-state index contributed by atoms with van der Waals surface area (Å²) in [5.74, 6) is -14.2. The van der Waals surface area contributed by atoms with E-state index >= 15 is 28.8 Å². The van der Waals surface area contributed by atoms with Crippen molar-refractivity contribution in [1.82, 2.24) is 47.4 Å². The van der Waals surface area contributed by atoms with Crippen molar-refractivity contribution in [3.63, 3.8) is 0 Å². The minimum absolute atomic E-state index is 0.0300. The molecule has 8 heterocycles. The number of phenolic OH excluding ortho intramolecular Hbond substituents is 4. The Balaban J connectivity index is 1.04. The van der Waals surface area contributed by atoms with Crippen LogP contribution in [0.25, 0.3) is 11.1 Å². The van der Waals surface area contributed by atoms with E-state index in [4.69, 9.17) is 62.1 Å². The second-order valence-corrected chi connectivity index (χ2v) is 32.5. The van der Waals surface area contributed by atoms with E-state index in [-0.39, 0.29) is 79.4 Å². The second-order valence-electron chi connectivity index (χ2n) is 31.7. The number of aliphatic hydroxyl groups excluding tert-OH is 7. The molecule has 656 valence electrons. The maximum Gasteiger partial charge on any atom is 0.248 e. The summed E-state index contributed by atoms with van der Waals surface area (Å²) in [4.78, 5) is 126. The van der Waals surface area contributed by atoms with Crippen molar-refractivity contribution in [3.8, 4) is 80.1 Å². The largest absolute Gasteiger partial charge is 0.508 e. The maximum atomic E-state index is 16.8. The zero-order valence-corrected chi connectivity index (χ0v) is 68.4. The van der Waals surface area contributed by atoms with Crippen LogP contribution < -0.4 is 72.0 Å². The average Bonchev–Trinajstić information content (AvgIpc) is 0.762. The zero-order chi connectivity index (χ0) is 88.1. The molecule has 2 fully saturated rings. The number of nitrogens with zero attached hydrogens (tertiary/aromatic N) is 1. The van der Waals surface area contributed by atoms with Gasteiger partial charge in [0.25, 0.3) is 0 Å². The number of amides is 8. The van der Waals surface area contributed by atoms with Crippen molar-refractivity contribution in [2.75, 3.05) is 40.4 Å². The van der Waals surface area contributed by atoms with E-state index in [0.717, 1.165) is 73.9 Å². The molecule has 21 N–H and O–H groups in total. The first-order valence-corrected chi connectivity index (χ1v) is 40.7. The van der Waals surface area contributed by atoms with Gasteiger partial charge in [0.05, 0.1) is 23.3 Å². The first-order chi connectivity index (χ1) is 58.7. The quantitative estimate of drug-likeness (QED) is 0.0515. The lowest BCUT2D eigenvalue weighted by Gasteiger charge is -2.42. The molecule has 15 rings (SSSR count). The lowest BCUT2D eigenvalue weighted by atomic mass is 9.89. The Kier molecular flexibility index (Phi) is 28.0. The van der Waals surface area contributed by atoms with Crippen molar-refractivity contribution < 1.29 is 128 Å². The SMILES string of the molecule is CC(C)CCCCCCC(=O)N[C@H]1[C@H](Oc2c3cc4cc2Oc2ccc(cc2Cl)C[C@H]2NC(=O)[C@@H](N)c5ccc(O)c(c5)Oc5cc(O)cc(c5)[C@H](NC2=O)C(=O)N[C@H]4C(=O)N[C@H]2C(=O)N[C@@H](Cc4ccc(c(Cl)c4)O3)C(=O)N[C@@H](C(=O)NCCCN(C)C)c3cc(O)cc(O[C@H]4O[C@H](CO)[C@@H](O)[C@H](O)[C@@H]4O)c3-c3cc2ccc3O)O[C@H](CO)[C@@H](O)[C@@H]1O. The molecule has 0 radical (unpaired) electrons. The fraction of sp³-hybridized carbons (Fsp3) is 0.412. The standard InChI is InChI=1S/C85H96Cl2N10O26/c1-37(2)10-7-5-6-8-11-63(104)92-70-73(107)71(105)61(35-98)121-84(70)123-76-59-30-43-31-60(76)119-56-19-13-39(23-50(56)87)25-52-78(111)96-69(80(113)89-20-9-21-97(3)4)48-33-45(101)34-58(120-85-75(109)74(108)72(106)62(36-99)122-85)64(48)47-28-41(15-16-53(47)102)66(81(114)91-52)94-83(116)68(43)95-82(115)67-42-26-44(100)32-46(27-42)117-57-29-40(14-17-54(57)103)65(88)79(112)90-51(77(110)93-67)24-38-12-18-55(118-59)49(86)22-38/h12-19,22-23,26-34,37,51-52,61-62,65-75,84-85,98-103,105-109H,5-11,20-21,24-25,35-36,88H2,1-4H3,(H,89,113)(H,90,112)(H,91,114)(H,92,104)(H,93,110)(H,94,116)(H,95,115)(H,96,111)/t51-,52+,61-,62-,65+,66-,67+,68-,69-,70-,71-,72-,73-,74+,75+,84+,85+/m1/s1. The molecule has 0 spiro atoms. The van der Waals surface area contributed by atoms with Gasteiger partial charge in [-0.2, -0.15) is 0 Å². The summed E-state index contributed by atoms with van der Waals surface area (Å²) in [6.45, 7) is 2.74. The number of hydrogen-bond acceptors (Lipinski definition) is 28. The van der Waals surface area contributed by atoms with Crippen LogP contribution in [0, 0.1) is 5.92 Å². The molecule has 8 aliphatic rings. The van der Waals surface area contributed by atoms with Gasteiger partial charge in [-0.05, 0) is 157 Å². The molecule has 7 aromatic rings. The molecule has 7 aromatic carbocycles. The van der Waals surface area contributed by atoms with Crippen LogP contribution in [0.4, 0.5) is 0 Å². The van der Waals surface area contributed by atoms with Gasteiger partial charge in [0.15, 0.2) is 23.0 Å². The van der Waals surface area contributed by atoms with Crippen molar-refractivity contribution in [2.24, 2.45) is 11.7 Å². The van der Waals surface area contributed by atoms with Crippen molar-refractivity contribution >= 4 is 70.5 Å². The van der Waals surface area contributed by atoms with Crippen molar-refractivity contribution in [3.05, 3.63) is 164 Å². The number of aromatic hydroxyl groups is 4. The third-order valence-corrected chi connectivity index (χ3v) is 22.4. The fourth-order valence-electron chi connectivity index (χ4n) is 15.3. The van der Waals surface area contributed by atoms with E-state index < -0.39 is 240 Å². The average molecular weight is 1740 g/mol. The smallest absolute Gasteiger partial charge is 0.248 e. The number of aliphatic hydroxyl groups is 7. The van der Waals surface area contributed by atoms with E-state index in [1.807, 2.05) is 4.90 Å². The van der Waals surface area contributed by atoms with Crippen LogP contribution in [0.15, 0.2) is 115 Å². The van der Waals surface area contributed by atoms with Gasteiger partial charge in [-0.1, -0.05) is 87.0 Å². The summed E-state index contributed by atoms with van der Waals surface area (Å²) >= 11 is 14.6. The number of carbonyl (C=O) groups excluding carboxylic acids is 8. The summed E-state index contributed by atoms with van der Waals surface area (Å²) in [5.41, 5.74) is 4.82. The fourth-order valence-corrected chi connectivity index (χ4v) is 15.8. The molecule has 36 nitrogen and oxygen atoms in total. The lowest BCUT2D eigenvalue weighted by Crippen LogP contribution is -2.65. The molecular weight excluding hydrogens is 1650 g/mol. The van der Waals surface area contributed by atoms with Gasteiger partial charge in [-0.3, -0.25) is 38.4 Å². The van der Waals surface area contributed by atoms with Gasteiger partial charge in [0.1, 0.15) is 131 Å². The normalized spacial score (nSPS) is 25.8. The number of fused-ring (bicyclic) bond motifs is 14. The Hall–Kier alpha value is -11.4. The molecule has 17 bridgehead atoms. The van der Waals surface area contributed by atoms with Crippen LogP contribution in [-0.2, 0) is 60.7 Å². The van der Waals surface area contributed by atoms with Crippen LogP contribution in [-0.4, -0.2) is 222 Å². The number of nitrogens with two attached hydrogens (primary N) is 1. The van der Waals surface area contributed by atoms with Gasteiger partial charge in [-0.25, -0.2) is 0 Å². The Morgan fingerprint density at radius 2 is 1.09 bits per heavy atom. The second kappa shape index (κ2) is 38.6. The highest BCUT2D eigenvalue weighted by Gasteiger charge is 2.49. The summed E-state index contributed by atoms with van der Waals surface area (Å²) in [6, 6.07) is 7.32. The van der Waals surface area contributed by atoms with E-state index in [9.17, 15) is 65.8 Å². The molecular formula is C85H96Cl2N10O26. The number of rotatable bonds is 19. The van der Waals surface area contributed by atoms with Gasteiger partial charge in [-0.15, -0.1) is 0 Å². The van der Waals surface area contributed by atoms with Gasteiger partial charge in [0.2, 0.25) is 65.6 Å². The zero-order valence-electron chi connectivity index (χ0n) is 66.9. The summed E-state index contributed by atoms with van der Waals surface area (Å²) in [7, 11) is 3.58. The molecule has 0 aromatic heterocycles. The molecule has 0 unspecified atom stereocenters. The molecule has 38 heteroatoms. The van der Waals surface area contributed by atoms with E-state index in [1.165, 1.54) is 60.7 Å². The highest BCUT2D eigenvalue weighted by Crippen LogP contribution is 2.50. The molecule has 8 aliphatic heterocycles. The third-order valence-electron chi connectivity index (χ3n) is 21.9. The number of phenols is 4. The van der Waals surface area contributed by atoms with Crippen LogP contribution in [0.5, 0.6) is 69.0 Å². The van der Waals surface area contributed by atoms with Crippen LogP contribution >= 0.6 is 23.2 Å². The number of carbonyl (C=O) groups is 8. The van der Waals surface area contributed by atoms with E-state index in [1.54, 1.807) is 14.1 Å². The molecule has 8 amide bonds. The molecule has 123 heavy (non-hydrogen) atoms. The number of hydrogen-bond donors (Lipinski definition) is 20. The van der Waals surface area contributed by atoms with Crippen LogP contribution in [0.1, 0.15) is 128 Å². The van der Waals surface area contributed by atoms with Gasteiger partial charge in [0, 0.05) is 49.1 Å². The Morgan fingerprint density at radius 1 is 0.537 bits per heavy atom. The highest BCUT2D eigenvalue weighted by atomic mass is 35.5. The van der Waals surface area contributed by atoms with Crippen LogP contribution in [0.2, 0.25) is 10.0 Å². The monoisotopic (exact) mass is 1740 g/mol. The lowest BCUT2D eigenvalue weighted by molar-refractivity contribution is -0.277. The maximum absolute atomic E-state index is 16.8. The summed E-state index contributed by atoms with van der Waals surface area (Å²) in [6.07, 6.45) is -14.1. The first kappa shape index (κ1) is 89.4. The molecule has 2 saturated heterocycles. The number of halogens is 2. The predicted octanol–water partition coefficient (Wildman–Crippen LogP) is 3.54. The van der Waals surface area contributed by atoms with Gasteiger partial charge >= 0.3 is 0 Å². The Morgan fingerprint density at radius 3 is 1.72 bits per heavy atom. The Bertz CT molecular complexity index is 5160. The first-order valence-electron chi connectivity index (χ1n) is 39.9.